The van der Waals surface area contributed by atoms with Gasteiger partial charge in [0.1, 0.15) is 11.5 Å². The Balaban J connectivity index is 1.65. The maximum Gasteiger partial charge on any atom is 0.352 e. The van der Waals surface area contributed by atoms with E-state index in [1.54, 1.807) is 29.9 Å². The molecule has 0 saturated carbocycles. The highest BCUT2D eigenvalue weighted by molar-refractivity contribution is 5.96. The number of aromatic nitrogens is 3. The first-order valence-electron chi connectivity index (χ1n) is 9.04. The zero-order chi connectivity index (χ0) is 19.0. The van der Waals surface area contributed by atoms with E-state index in [0.29, 0.717) is 17.5 Å². The molecule has 1 fully saturated rings. The van der Waals surface area contributed by atoms with Crippen molar-refractivity contribution in [3.05, 3.63) is 48.0 Å². The van der Waals surface area contributed by atoms with Gasteiger partial charge in [-0.2, -0.15) is 4.98 Å². The number of ether oxygens (including phenoxy) is 1. The van der Waals surface area contributed by atoms with E-state index < -0.39 is 5.97 Å². The van der Waals surface area contributed by atoms with Crippen molar-refractivity contribution in [1.29, 1.82) is 0 Å². The van der Waals surface area contributed by atoms with Gasteiger partial charge in [-0.15, -0.1) is 0 Å². The van der Waals surface area contributed by atoms with Crippen LogP contribution < -0.4 is 4.74 Å². The average Bonchev–Trinajstić information content (AvgIpc) is 3.01. The van der Waals surface area contributed by atoms with Crippen LogP contribution in [0.1, 0.15) is 35.1 Å². The predicted octanol–water partition coefficient (Wildman–Crippen LogP) is 3.27. The Morgan fingerprint density at radius 2 is 2.00 bits per heavy atom. The second-order valence-corrected chi connectivity index (χ2v) is 7.02. The molecule has 1 aromatic carbocycles. The molecular weight excluding hydrogens is 344 g/mol. The molecule has 0 unspecified atom stereocenters. The van der Waals surface area contributed by atoms with Crippen molar-refractivity contribution in [1.82, 2.24) is 19.4 Å². The lowest BCUT2D eigenvalue weighted by Crippen LogP contribution is -2.29. The molecule has 0 spiro atoms. The first kappa shape index (κ1) is 17.5. The van der Waals surface area contributed by atoms with Gasteiger partial charge in [0.2, 0.25) is 5.88 Å². The number of carboxylic acids is 1. The van der Waals surface area contributed by atoms with E-state index >= 15 is 0 Å². The molecule has 0 radical (unpaired) electrons. The summed E-state index contributed by atoms with van der Waals surface area (Å²) in [5.41, 5.74) is 0.949. The van der Waals surface area contributed by atoms with Crippen LogP contribution >= 0.6 is 0 Å². The monoisotopic (exact) mass is 366 g/mol. The topological polar surface area (TPSA) is 80.5 Å². The average molecular weight is 366 g/mol. The molecule has 1 aliphatic rings. The summed E-state index contributed by atoms with van der Waals surface area (Å²) >= 11 is 0. The summed E-state index contributed by atoms with van der Waals surface area (Å²) < 4.78 is 7.67. The van der Waals surface area contributed by atoms with E-state index in [9.17, 15) is 9.90 Å². The normalized spacial score (nSPS) is 15.9. The lowest BCUT2D eigenvalue weighted by atomic mass is 9.96. The fourth-order valence-corrected chi connectivity index (χ4v) is 3.66. The Morgan fingerprint density at radius 1 is 1.22 bits per heavy atom. The number of likely N-dealkylation sites (tertiary alicyclic amines) is 1. The summed E-state index contributed by atoms with van der Waals surface area (Å²) in [7, 11) is 3.85. The Labute approximate surface area is 157 Å². The molecule has 3 aromatic rings. The fourth-order valence-electron chi connectivity index (χ4n) is 3.66. The fraction of sp³-hybridized carbons (Fsp3) is 0.350. The highest BCUT2D eigenvalue weighted by Crippen LogP contribution is 2.32. The van der Waals surface area contributed by atoms with Gasteiger partial charge in [-0.3, -0.25) is 0 Å². The number of aromatic carboxylic acids is 1. The molecule has 7 nitrogen and oxygen atoms in total. The Kier molecular flexibility index (Phi) is 4.53. The number of rotatable bonds is 4. The van der Waals surface area contributed by atoms with Gasteiger partial charge in [0.25, 0.3) is 0 Å². The van der Waals surface area contributed by atoms with Gasteiger partial charge < -0.3 is 19.3 Å². The van der Waals surface area contributed by atoms with Crippen LogP contribution in [-0.2, 0) is 7.05 Å². The minimum absolute atomic E-state index is 0.218. The summed E-state index contributed by atoms with van der Waals surface area (Å²) in [6.07, 6.45) is 3.80. The number of piperidine rings is 1. The number of aryl methyl sites for hydroxylation is 1. The number of hydrogen-bond acceptors (Lipinski definition) is 5. The van der Waals surface area contributed by atoms with Gasteiger partial charge >= 0.3 is 5.97 Å². The standard InChI is InChI=1S/C20H22N4O3/c1-23-10-7-13(8-11-23)19-21-9-6-17(22-19)27-16-5-3-4-14-12-15(20(25)26)24(2)18(14)16/h3-6,9,12-13H,7-8,10-11H2,1-2H3,(H,25,26). The number of fused-ring (bicyclic) bond motifs is 1. The largest absolute Gasteiger partial charge is 0.477 e. The zero-order valence-electron chi connectivity index (χ0n) is 15.4. The number of carbonyl (C=O) groups is 1. The molecule has 2 aromatic heterocycles. The Morgan fingerprint density at radius 3 is 2.74 bits per heavy atom. The highest BCUT2D eigenvalue weighted by atomic mass is 16.5. The van der Waals surface area contributed by atoms with E-state index in [2.05, 4.69) is 21.9 Å². The second-order valence-electron chi connectivity index (χ2n) is 7.02. The van der Waals surface area contributed by atoms with Gasteiger partial charge in [0.15, 0.2) is 5.75 Å². The molecule has 0 bridgehead atoms. The van der Waals surface area contributed by atoms with E-state index in [-0.39, 0.29) is 5.69 Å². The Bertz CT molecular complexity index is 990. The van der Waals surface area contributed by atoms with Gasteiger partial charge in [-0.25, -0.2) is 9.78 Å². The predicted molar refractivity (Wildman–Crippen MR) is 101 cm³/mol. The third-order valence-electron chi connectivity index (χ3n) is 5.19. The van der Waals surface area contributed by atoms with E-state index in [0.717, 1.165) is 42.7 Å². The lowest BCUT2D eigenvalue weighted by molar-refractivity contribution is 0.0687. The van der Waals surface area contributed by atoms with E-state index in [4.69, 9.17) is 4.74 Å². The maximum absolute atomic E-state index is 11.4. The summed E-state index contributed by atoms with van der Waals surface area (Å²) in [6, 6.07) is 8.93. The van der Waals surface area contributed by atoms with Gasteiger partial charge in [-0.05, 0) is 45.1 Å². The minimum Gasteiger partial charge on any atom is -0.477 e. The van der Waals surface area contributed by atoms with E-state index in [1.807, 2.05) is 18.2 Å². The molecule has 140 valence electrons. The quantitative estimate of drug-likeness (QED) is 0.763. The number of carboxylic acid groups (broad SMARTS) is 1. The number of hydrogen-bond donors (Lipinski definition) is 1. The molecule has 0 aliphatic carbocycles. The molecule has 1 N–H and O–H groups in total. The third kappa shape index (κ3) is 3.38. The van der Waals surface area contributed by atoms with Crippen LogP contribution in [0.25, 0.3) is 10.9 Å². The van der Waals surface area contributed by atoms with Crippen LogP contribution in [0.4, 0.5) is 0 Å². The van der Waals surface area contributed by atoms with Gasteiger partial charge in [0, 0.05) is 30.6 Å². The van der Waals surface area contributed by atoms with Crippen molar-refractivity contribution in [3.8, 4) is 11.6 Å². The molecule has 4 rings (SSSR count). The van der Waals surface area contributed by atoms with Crippen molar-refractivity contribution >= 4 is 16.9 Å². The lowest BCUT2D eigenvalue weighted by Gasteiger charge is -2.27. The molecule has 1 saturated heterocycles. The molecule has 3 heterocycles. The minimum atomic E-state index is -0.966. The number of benzene rings is 1. The third-order valence-corrected chi connectivity index (χ3v) is 5.19. The molecule has 0 atom stereocenters. The summed E-state index contributed by atoms with van der Waals surface area (Å²) in [4.78, 5) is 22.8. The van der Waals surface area contributed by atoms with Crippen LogP contribution in [0.2, 0.25) is 0 Å². The maximum atomic E-state index is 11.4. The van der Waals surface area contributed by atoms with Crippen molar-refractivity contribution in [2.75, 3.05) is 20.1 Å². The van der Waals surface area contributed by atoms with Crippen molar-refractivity contribution in [2.24, 2.45) is 7.05 Å². The number of nitrogens with zero attached hydrogens (tertiary/aromatic N) is 4. The van der Waals surface area contributed by atoms with Crippen molar-refractivity contribution < 1.29 is 14.6 Å². The first-order valence-corrected chi connectivity index (χ1v) is 9.04. The van der Waals surface area contributed by atoms with Crippen LogP contribution in [0.3, 0.4) is 0 Å². The van der Waals surface area contributed by atoms with Crippen LogP contribution in [0, 0.1) is 0 Å². The van der Waals surface area contributed by atoms with Gasteiger partial charge in [-0.1, -0.05) is 12.1 Å². The highest BCUT2D eigenvalue weighted by Gasteiger charge is 2.21. The zero-order valence-corrected chi connectivity index (χ0v) is 15.4. The molecule has 7 heteroatoms. The summed E-state index contributed by atoms with van der Waals surface area (Å²) in [5, 5.41) is 10.2. The van der Waals surface area contributed by atoms with Crippen molar-refractivity contribution in [2.45, 2.75) is 18.8 Å². The Hall–Kier alpha value is -2.93. The summed E-state index contributed by atoms with van der Waals surface area (Å²) in [6.45, 7) is 2.08. The van der Waals surface area contributed by atoms with Crippen LogP contribution in [-0.4, -0.2) is 50.6 Å². The van der Waals surface area contributed by atoms with E-state index in [1.165, 1.54) is 0 Å². The van der Waals surface area contributed by atoms with Crippen LogP contribution in [0.15, 0.2) is 36.5 Å². The molecule has 0 amide bonds. The number of para-hydroxylation sites is 1. The van der Waals surface area contributed by atoms with Crippen LogP contribution in [0.5, 0.6) is 11.6 Å². The second kappa shape index (κ2) is 7.00. The van der Waals surface area contributed by atoms with Crippen molar-refractivity contribution in [3.63, 3.8) is 0 Å². The smallest absolute Gasteiger partial charge is 0.352 e. The van der Waals surface area contributed by atoms with Gasteiger partial charge in [0.05, 0.1) is 5.52 Å². The molecule has 1 aliphatic heterocycles. The summed E-state index contributed by atoms with van der Waals surface area (Å²) in [5.74, 6) is 1.24. The molecule has 27 heavy (non-hydrogen) atoms. The first-order chi connectivity index (χ1) is 13.0. The molecular formula is C20H22N4O3. The SMILES string of the molecule is CN1CCC(c2nccc(Oc3cccc4cc(C(=O)O)n(C)c34)n2)CC1.